The number of hydrogen-bond donors (Lipinski definition) is 2. The van der Waals surface area contributed by atoms with E-state index in [4.69, 9.17) is 5.11 Å². The van der Waals surface area contributed by atoms with Crippen molar-refractivity contribution >= 4 is 5.91 Å². The van der Waals surface area contributed by atoms with E-state index >= 15 is 0 Å². The van der Waals surface area contributed by atoms with Crippen LogP contribution in [0.3, 0.4) is 0 Å². The third kappa shape index (κ3) is 3.27. The van der Waals surface area contributed by atoms with Crippen LogP contribution in [0.2, 0.25) is 0 Å². The van der Waals surface area contributed by atoms with Crippen LogP contribution in [0.1, 0.15) is 37.0 Å². The molecule has 3 nitrogen and oxygen atoms in total. The van der Waals surface area contributed by atoms with Gasteiger partial charge < -0.3 is 10.4 Å². The number of carbonyl (C=O) groups excluding carboxylic acids is 1. The Labute approximate surface area is 113 Å². The number of rotatable bonds is 5. The van der Waals surface area contributed by atoms with Crippen LogP contribution in [-0.2, 0) is 0 Å². The van der Waals surface area contributed by atoms with E-state index in [-0.39, 0.29) is 13.0 Å². The largest absolute Gasteiger partial charge is 0.396 e. The van der Waals surface area contributed by atoms with Crippen molar-refractivity contribution in [3.8, 4) is 0 Å². The van der Waals surface area contributed by atoms with Crippen molar-refractivity contribution in [1.29, 1.82) is 0 Å². The second-order valence-electron chi connectivity index (χ2n) is 4.69. The van der Waals surface area contributed by atoms with Crippen molar-refractivity contribution in [3.05, 3.63) is 34.9 Å². The third-order valence-corrected chi connectivity index (χ3v) is 3.21. The first-order valence-corrected chi connectivity index (χ1v) is 6.02. The zero-order valence-electron chi connectivity index (χ0n) is 11.1. The van der Waals surface area contributed by atoms with Gasteiger partial charge in [-0.3, -0.25) is 4.79 Å². The summed E-state index contributed by atoms with van der Waals surface area (Å²) in [6.45, 7) is 3.09. The molecule has 1 aromatic rings. The fraction of sp³-hybridized carbons (Fsp3) is 0.462. The first-order valence-electron chi connectivity index (χ1n) is 6.02. The highest BCUT2D eigenvalue weighted by Gasteiger charge is 2.28. The number of halogens is 4. The van der Waals surface area contributed by atoms with Crippen LogP contribution in [0.4, 0.5) is 17.6 Å². The van der Waals surface area contributed by atoms with Crippen LogP contribution < -0.4 is 5.32 Å². The summed E-state index contributed by atoms with van der Waals surface area (Å²) in [5, 5.41) is 11.3. The molecule has 112 valence electrons. The zero-order chi connectivity index (χ0) is 15.5. The molecule has 0 aromatic heterocycles. The molecule has 0 aliphatic rings. The Kier molecular flexibility index (Phi) is 5.10. The maximum Gasteiger partial charge on any atom is 0.254 e. The quantitative estimate of drug-likeness (QED) is 0.498. The van der Waals surface area contributed by atoms with Gasteiger partial charge in [0.15, 0.2) is 23.3 Å². The van der Waals surface area contributed by atoms with Gasteiger partial charge in [-0.25, -0.2) is 17.6 Å². The van der Waals surface area contributed by atoms with Gasteiger partial charge in [0.1, 0.15) is 0 Å². The van der Waals surface area contributed by atoms with Crippen LogP contribution in [0.15, 0.2) is 6.07 Å². The number of nitrogens with one attached hydrogen (secondary N) is 1. The average Bonchev–Trinajstić information content (AvgIpc) is 2.40. The lowest BCUT2D eigenvalue weighted by Gasteiger charge is -2.29. The Morgan fingerprint density at radius 2 is 1.85 bits per heavy atom. The topological polar surface area (TPSA) is 49.3 Å². The van der Waals surface area contributed by atoms with Crippen molar-refractivity contribution in [1.82, 2.24) is 5.32 Å². The van der Waals surface area contributed by atoms with Gasteiger partial charge in [-0.2, -0.15) is 0 Å². The van der Waals surface area contributed by atoms with Gasteiger partial charge in [-0.05, 0) is 25.8 Å². The van der Waals surface area contributed by atoms with Gasteiger partial charge in [-0.1, -0.05) is 6.92 Å². The predicted octanol–water partition coefficient (Wildman–Crippen LogP) is 2.52. The fourth-order valence-electron chi connectivity index (χ4n) is 1.65. The second-order valence-corrected chi connectivity index (χ2v) is 4.69. The Morgan fingerprint density at radius 1 is 1.25 bits per heavy atom. The lowest BCUT2D eigenvalue weighted by molar-refractivity contribution is 0.0880. The molecule has 0 saturated carbocycles. The summed E-state index contributed by atoms with van der Waals surface area (Å²) in [6.07, 6.45) is 0.593. The SMILES string of the molecule is CCC(C)(CCO)NC(=O)c1cc(F)c(F)c(F)c1F. The molecule has 0 bridgehead atoms. The van der Waals surface area contributed by atoms with Crippen molar-refractivity contribution in [2.45, 2.75) is 32.2 Å². The van der Waals surface area contributed by atoms with Crippen molar-refractivity contribution < 1.29 is 27.5 Å². The van der Waals surface area contributed by atoms with E-state index in [1.807, 2.05) is 0 Å². The fourth-order valence-corrected chi connectivity index (χ4v) is 1.65. The normalized spacial score (nSPS) is 13.9. The smallest absolute Gasteiger partial charge is 0.254 e. The molecule has 1 unspecified atom stereocenters. The van der Waals surface area contributed by atoms with E-state index < -0.39 is 40.3 Å². The van der Waals surface area contributed by atoms with E-state index in [0.717, 1.165) is 0 Å². The van der Waals surface area contributed by atoms with Gasteiger partial charge >= 0.3 is 0 Å². The summed E-state index contributed by atoms with van der Waals surface area (Å²) in [4.78, 5) is 11.8. The molecular formula is C13H15F4NO2. The highest BCUT2D eigenvalue weighted by Crippen LogP contribution is 2.21. The first-order chi connectivity index (χ1) is 9.25. The number of amides is 1. The molecule has 0 aliphatic carbocycles. The van der Waals surface area contributed by atoms with Gasteiger partial charge in [0, 0.05) is 12.1 Å². The number of aliphatic hydroxyl groups excluding tert-OH is 1. The van der Waals surface area contributed by atoms with Gasteiger partial charge in [0.05, 0.1) is 5.56 Å². The summed E-state index contributed by atoms with van der Waals surface area (Å²) in [5.74, 6) is -8.46. The zero-order valence-corrected chi connectivity index (χ0v) is 11.1. The molecule has 2 N–H and O–H groups in total. The van der Waals surface area contributed by atoms with Crippen LogP contribution in [0, 0.1) is 23.3 Å². The second kappa shape index (κ2) is 6.21. The molecule has 1 rings (SSSR count). The molecule has 1 aromatic carbocycles. The highest BCUT2D eigenvalue weighted by molar-refractivity contribution is 5.95. The number of benzene rings is 1. The molecule has 0 radical (unpaired) electrons. The molecule has 1 atom stereocenters. The van der Waals surface area contributed by atoms with E-state index in [0.29, 0.717) is 12.5 Å². The Hall–Kier alpha value is -1.63. The number of hydrogen-bond acceptors (Lipinski definition) is 2. The van der Waals surface area contributed by atoms with Gasteiger partial charge in [-0.15, -0.1) is 0 Å². The summed E-state index contributed by atoms with van der Waals surface area (Å²) in [6, 6.07) is 0.304. The lowest BCUT2D eigenvalue weighted by Crippen LogP contribution is -2.46. The Balaban J connectivity index is 3.10. The van der Waals surface area contributed by atoms with Gasteiger partial charge in [0.2, 0.25) is 0 Å². The van der Waals surface area contributed by atoms with Crippen molar-refractivity contribution in [2.24, 2.45) is 0 Å². The van der Waals surface area contributed by atoms with E-state index in [1.165, 1.54) is 0 Å². The average molecular weight is 293 g/mol. The molecule has 1 amide bonds. The molecule has 20 heavy (non-hydrogen) atoms. The molecule has 7 heteroatoms. The minimum absolute atomic E-state index is 0.184. The van der Waals surface area contributed by atoms with Crippen molar-refractivity contribution in [2.75, 3.05) is 6.61 Å². The minimum atomic E-state index is -2.03. The molecule has 0 spiro atoms. The first kappa shape index (κ1) is 16.4. The van der Waals surface area contributed by atoms with Crippen LogP contribution in [0.25, 0.3) is 0 Å². The van der Waals surface area contributed by atoms with Gasteiger partial charge in [0.25, 0.3) is 5.91 Å². The standard InChI is InChI=1S/C13H15F4NO2/c1-3-13(2,4-5-19)18-12(20)7-6-8(14)10(16)11(17)9(7)15/h6,19H,3-5H2,1-2H3,(H,18,20). The summed E-state index contributed by atoms with van der Waals surface area (Å²) in [5.41, 5.74) is -1.78. The maximum atomic E-state index is 13.5. The van der Waals surface area contributed by atoms with Crippen LogP contribution >= 0.6 is 0 Å². The lowest BCUT2D eigenvalue weighted by atomic mass is 9.94. The summed E-state index contributed by atoms with van der Waals surface area (Å²) in [7, 11) is 0. The maximum absolute atomic E-state index is 13.5. The van der Waals surface area contributed by atoms with E-state index in [1.54, 1.807) is 13.8 Å². The minimum Gasteiger partial charge on any atom is -0.396 e. The molecule has 0 aliphatic heterocycles. The predicted molar refractivity (Wildman–Crippen MR) is 64.1 cm³/mol. The Bertz CT molecular complexity index is 522. The van der Waals surface area contributed by atoms with Crippen LogP contribution in [0.5, 0.6) is 0 Å². The third-order valence-electron chi connectivity index (χ3n) is 3.21. The Morgan fingerprint density at radius 3 is 2.35 bits per heavy atom. The number of aliphatic hydroxyl groups is 1. The van der Waals surface area contributed by atoms with Crippen molar-refractivity contribution in [3.63, 3.8) is 0 Å². The summed E-state index contributed by atoms with van der Waals surface area (Å²) < 4.78 is 52.4. The summed E-state index contributed by atoms with van der Waals surface area (Å²) >= 11 is 0. The highest BCUT2D eigenvalue weighted by atomic mass is 19.2. The number of carbonyl (C=O) groups is 1. The molecular weight excluding hydrogens is 278 g/mol. The molecule has 0 fully saturated rings. The van der Waals surface area contributed by atoms with E-state index in [2.05, 4.69) is 5.32 Å². The van der Waals surface area contributed by atoms with Crippen LogP contribution in [-0.4, -0.2) is 23.2 Å². The van der Waals surface area contributed by atoms with E-state index in [9.17, 15) is 22.4 Å². The molecule has 0 saturated heterocycles. The monoisotopic (exact) mass is 293 g/mol. The molecule has 0 heterocycles.